The van der Waals surface area contributed by atoms with Crippen molar-refractivity contribution < 1.29 is 4.74 Å². The third-order valence-electron chi connectivity index (χ3n) is 2.44. The van der Waals surface area contributed by atoms with E-state index in [0.29, 0.717) is 0 Å². The molecule has 1 N–H and O–H groups in total. The fourth-order valence-corrected chi connectivity index (χ4v) is 2.29. The lowest BCUT2D eigenvalue weighted by atomic mass is 10.2. The number of thiophene rings is 1. The molecule has 0 aliphatic rings. The molecule has 4 heteroatoms. The van der Waals surface area contributed by atoms with Crippen LogP contribution in [0.5, 0.6) is 5.75 Å². The Kier molecular flexibility index (Phi) is 6.80. The summed E-state index contributed by atoms with van der Waals surface area (Å²) in [7, 11) is 0. The van der Waals surface area contributed by atoms with Crippen molar-refractivity contribution >= 4 is 23.7 Å². The summed E-state index contributed by atoms with van der Waals surface area (Å²) in [6.07, 6.45) is 0. The van der Waals surface area contributed by atoms with Gasteiger partial charge in [0.2, 0.25) is 0 Å². The standard InChI is InChI=1S/C14H17NOS.ClH/c1-2-16-13-7-5-12(6-8-13)10-15-11-14-4-3-9-17-14;/h3-9,15H,2,10-11H2,1H3;1H. The average Bonchev–Trinajstić information content (AvgIpc) is 2.85. The van der Waals surface area contributed by atoms with E-state index in [1.807, 2.05) is 19.1 Å². The van der Waals surface area contributed by atoms with E-state index in [0.717, 1.165) is 25.4 Å². The minimum atomic E-state index is 0. The van der Waals surface area contributed by atoms with Crippen LogP contribution >= 0.6 is 23.7 Å². The van der Waals surface area contributed by atoms with Crippen LogP contribution in [0.1, 0.15) is 17.4 Å². The van der Waals surface area contributed by atoms with Crippen LogP contribution in [-0.4, -0.2) is 6.61 Å². The van der Waals surface area contributed by atoms with E-state index in [4.69, 9.17) is 4.74 Å². The Labute approximate surface area is 118 Å². The zero-order chi connectivity index (χ0) is 11.9. The first-order valence-corrected chi connectivity index (χ1v) is 6.71. The van der Waals surface area contributed by atoms with E-state index in [1.165, 1.54) is 10.4 Å². The van der Waals surface area contributed by atoms with Gasteiger partial charge in [0.1, 0.15) is 5.75 Å². The molecule has 0 saturated carbocycles. The summed E-state index contributed by atoms with van der Waals surface area (Å²) in [4.78, 5) is 1.37. The fraction of sp³-hybridized carbons (Fsp3) is 0.286. The maximum atomic E-state index is 5.41. The predicted octanol–water partition coefficient (Wildman–Crippen LogP) is 3.86. The Bertz CT molecular complexity index is 428. The Morgan fingerprint density at radius 1 is 1.11 bits per heavy atom. The van der Waals surface area contributed by atoms with Gasteiger partial charge in [-0.05, 0) is 36.1 Å². The van der Waals surface area contributed by atoms with Gasteiger partial charge in [0.15, 0.2) is 0 Å². The molecule has 18 heavy (non-hydrogen) atoms. The molecule has 0 aliphatic carbocycles. The van der Waals surface area contributed by atoms with Gasteiger partial charge in [0.25, 0.3) is 0 Å². The predicted molar refractivity (Wildman–Crippen MR) is 79.7 cm³/mol. The molecule has 98 valence electrons. The molecule has 1 heterocycles. The summed E-state index contributed by atoms with van der Waals surface area (Å²) < 4.78 is 5.41. The molecule has 0 bridgehead atoms. The minimum Gasteiger partial charge on any atom is -0.494 e. The van der Waals surface area contributed by atoms with Crippen LogP contribution < -0.4 is 10.1 Å². The van der Waals surface area contributed by atoms with Gasteiger partial charge in [-0.2, -0.15) is 0 Å². The molecule has 0 radical (unpaired) electrons. The largest absolute Gasteiger partial charge is 0.494 e. The normalized spacial score (nSPS) is 9.83. The summed E-state index contributed by atoms with van der Waals surface area (Å²) in [5, 5.41) is 5.53. The van der Waals surface area contributed by atoms with E-state index in [9.17, 15) is 0 Å². The SMILES string of the molecule is CCOc1ccc(CNCc2cccs2)cc1.Cl. The van der Waals surface area contributed by atoms with Gasteiger partial charge < -0.3 is 10.1 Å². The molecule has 0 spiro atoms. The van der Waals surface area contributed by atoms with E-state index < -0.39 is 0 Å². The first-order chi connectivity index (χ1) is 8.38. The summed E-state index contributed by atoms with van der Waals surface area (Å²) in [6, 6.07) is 12.5. The molecular formula is C14H18ClNOS. The van der Waals surface area contributed by atoms with Crippen LogP contribution in [0, 0.1) is 0 Å². The lowest BCUT2D eigenvalue weighted by Crippen LogP contribution is -2.11. The molecule has 1 aromatic carbocycles. The van der Waals surface area contributed by atoms with E-state index in [1.54, 1.807) is 11.3 Å². The van der Waals surface area contributed by atoms with E-state index >= 15 is 0 Å². The number of hydrogen-bond acceptors (Lipinski definition) is 3. The van der Waals surface area contributed by atoms with Crippen molar-refractivity contribution in [1.29, 1.82) is 0 Å². The Balaban J connectivity index is 0.00000162. The number of halogens is 1. The Hall–Kier alpha value is -1.03. The third kappa shape index (κ3) is 4.69. The molecule has 0 aliphatic heterocycles. The van der Waals surface area contributed by atoms with E-state index in [2.05, 4.69) is 35.0 Å². The fourth-order valence-electron chi connectivity index (χ4n) is 1.61. The van der Waals surface area contributed by atoms with Gasteiger partial charge in [-0.1, -0.05) is 18.2 Å². The highest BCUT2D eigenvalue weighted by atomic mass is 35.5. The molecule has 2 rings (SSSR count). The van der Waals surface area contributed by atoms with Crippen molar-refractivity contribution in [1.82, 2.24) is 5.32 Å². The van der Waals surface area contributed by atoms with Crippen LogP contribution in [0.15, 0.2) is 41.8 Å². The van der Waals surface area contributed by atoms with Crippen LogP contribution in [-0.2, 0) is 13.1 Å². The smallest absolute Gasteiger partial charge is 0.119 e. The first kappa shape index (κ1) is 15.0. The highest BCUT2D eigenvalue weighted by molar-refractivity contribution is 7.09. The zero-order valence-corrected chi connectivity index (χ0v) is 12.0. The van der Waals surface area contributed by atoms with E-state index in [-0.39, 0.29) is 12.4 Å². The third-order valence-corrected chi connectivity index (χ3v) is 3.32. The molecule has 2 aromatic rings. The van der Waals surface area contributed by atoms with Crippen molar-refractivity contribution in [3.63, 3.8) is 0 Å². The van der Waals surface area contributed by atoms with Gasteiger partial charge in [-0.25, -0.2) is 0 Å². The maximum Gasteiger partial charge on any atom is 0.119 e. The second-order valence-electron chi connectivity index (χ2n) is 3.76. The zero-order valence-electron chi connectivity index (χ0n) is 10.4. The monoisotopic (exact) mass is 283 g/mol. The number of benzene rings is 1. The molecule has 2 nitrogen and oxygen atoms in total. The first-order valence-electron chi connectivity index (χ1n) is 5.83. The summed E-state index contributed by atoms with van der Waals surface area (Å²) in [5.41, 5.74) is 1.28. The van der Waals surface area contributed by atoms with Gasteiger partial charge in [0, 0.05) is 18.0 Å². The van der Waals surface area contributed by atoms with Gasteiger partial charge in [0.05, 0.1) is 6.61 Å². The average molecular weight is 284 g/mol. The summed E-state index contributed by atoms with van der Waals surface area (Å²) >= 11 is 1.78. The molecule has 1 aromatic heterocycles. The van der Waals surface area contributed by atoms with Crippen LogP contribution in [0.25, 0.3) is 0 Å². The van der Waals surface area contributed by atoms with Crippen molar-refractivity contribution in [2.75, 3.05) is 6.61 Å². The van der Waals surface area contributed by atoms with Crippen molar-refractivity contribution in [2.24, 2.45) is 0 Å². The summed E-state index contributed by atoms with van der Waals surface area (Å²) in [5.74, 6) is 0.939. The number of nitrogens with one attached hydrogen (secondary N) is 1. The van der Waals surface area contributed by atoms with Gasteiger partial charge >= 0.3 is 0 Å². The minimum absolute atomic E-state index is 0. The molecule has 0 fully saturated rings. The van der Waals surface area contributed by atoms with Crippen LogP contribution in [0.3, 0.4) is 0 Å². The molecular weight excluding hydrogens is 266 g/mol. The molecule has 0 amide bonds. The van der Waals surface area contributed by atoms with Crippen LogP contribution in [0.4, 0.5) is 0 Å². The number of rotatable bonds is 6. The maximum absolute atomic E-state index is 5.41. The lowest BCUT2D eigenvalue weighted by molar-refractivity contribution is 0.340. The number of ether oxygens (including phenoxy) is 1. The van der Waals surface area contributed by atoms with Crippen LogP contribution in [0.2, 0.25) is 0 Å². The Morgan fingerprint density at radius 3 is 2.50 bits per heavy atom. The van der Waals surface area contributed by atoms with Crippen molar-refractivity contribution in [3.8, 4) is 5.75 Å². The van der Waals surface area contributed by atoms with Gasteiger partial charge in [-0.3, -0.25) is 0 Å². The quantitative estimate of drug-likeness (QED) is 0.869. The highest BCUT2D eigenvalue weighted by Crippen LogP contribution is 2.12. The van der Waals surface area contributed by atoms with Crippen molar-refractivity contribution in [2.45, 2.75) is 20.0 Å². The van der Waals surface area contributed by atoms with Gasteiger partial charge in [-0.15, -0.1) is 23.7 Å². The topological polar surface area (TPSA) is 21.3 Å². The molecule has 0 atom stereocenters. The highest BCUT2D eigenvalue weighted by Gasteiger charge is 1.96. The van der Waals surface area contributed by atoms with Crippen molar-refractivity contribution in [3.05, 3.63) is 52.2 Å². The molecule has 0 saturated heterocycles. The Morgan fingerprint density at radius 2 is 1.89 bits per heavy atom. The second kappa shape index (κ2) is 8.14. The number of hydrogen-bond donors (Lipinski definition) is 1. The summed E-state index contributed by atoms with van der Waals surface area (Å²) in [6.45, 7) is 4.54. The second-order valence-corrected chi connectivity index (χ2v) is 4.79. The molecule has 0 unspecified atom stereocenters. The lowest BCUT2D eigenvalue weighted by Gasteiger charge is -2.06.